The minimum atomic E-state index is -0.261. The maximum absolute atomic E-state index is 11.5. The predicted molar refractivity (Wildman–Crippen MR) is 59.7 cm³/mol. The summed E-state index contributed by atoms with van der Waals surface area (Å²) < 4.78 is 0. The van der Waals surface area contributed by atoms with E-state index in [1.54, 1.807) is 4.90 Å². The van der Waals surface area contributed by atoms with Crippen LogP contribution in [0.3, 0.4) is 0 Å². The number of benzene rings is 1. The molecular formula is C11H11NO2S. The summed E-state index contributed by atoms with van der Waals surface area (Å²) >= 11 is 1.21. The second kappa shape index (κ2) is 4.49. The second-order valence-corrected chi connectivity index (χ2v) is 4.37. The van der Waals surface area contributed by atoms with Gasteiger partial charge < -0.3 is 9.69 Å². The Bertz CT molecular complexity index is 366. The highest BCUT2D eigenvalue weighted by Crippen LogP contribution is 2.24. The Balaban J connectivity index is 2.10. The van der Waals surface area contributed by atoms with E-state index < -0.39 is 0 Å². The molecule has 1 aliphatic heterocycles. The van der Waals surface area contributed by atoms with E-state index in [0.29, 0.717) is 12.3 Å². The summed E-state index contributed by atoms with van der Waals surface area (Å²) in [7, 11) is 0. The minimum Gasteiger partial charge on any atom is -0.319 e. The lowest BCUT2D eigenvalue weighted by Crippen LogP contribution is -2.33. The van der Waals surface area contributed by atoms with Gasteiger partial charge >= 0.3 is 0 Å². The van der Waals surface area contributed by atoms with Gasteiger partial charge in [0.25, 0.3) is 5.24 Å². The molecule has 0 bridgehead atoms. The molecule has 1 atom stereocenters. The fourth-order valence-electron chi connectivity index (χ4n) is 1.54. The number of hydrogen-bond donors (Lipinski definition) is 0. The molecule has 0 aromatic heterocycles. The van der Waals surface area contributed by atoms with Crippen molar-refractivity contribution in [1.29, 1.82) is 0 Å². The summed E-state index contributed by atoms with van der Waals surface area (Å²) in [4.78, 5) is 23.8. The molecule has 1 aromatic carbocycles. The molecular weight excluding hydrogens is 210 g/mol. The third-order valence-corrected chi connectivity index (χ3v) is 3.35. The van der Waals surface area contributed by atoms with E-state index in [1.807, 2.05) is 30.3 Å². The van der Waals surface area contributed by atoms with Gasteiger partial charge in [-0.2, -0.15) is 0 Å². The van der Waals surface area contributed by atoms with Gasteiger partial charge in [-0.3, -0.25) is 4.79 Å². The zero-order chi connectivity index (χ0) is 10.7. The van der Waals surface area contributed by atoms with Crippen LogP contribution in [0.5, 0.6) is 0 Å². The Morgan fingerprint density at radius 3 is 2.80 bits per heavy atom. The third-order valence-electron chi connectivity index (χ3n) is 2.37. The van der Waals surface area contributed by atoms with Gasteiger partial charge in [0.1, 0.15) is 6.29 Å². The van der Waals surface area contributed by atoms with Gasteiger partial charge in [-0.05, 0) is 5.56 Å². The predicted octanol–water partition coefficient (Wildman–Crippen LogP) is 1.92. The van der Waals surface area contributed by atoms with Crippen LogP contribution in [0.4, 0.5) is 4.79 Å². The number of nitrogens with zero attached hydrogens (tertiary/aromatic N) is 1. The average molecular weight is 221 g/mol. The lowest BCUT2D eigenvalue weighted by atomic mass is 10.2. The maximum Gasteiger partial charge on any atom is 0.282 e. The Kier molecular flexibility index (Phi) is 3.06. The molecule has 1 unspecified atom stereocenters. The van der Waals surface area contributed by atoms with E-state index in [2.05, 4.69) is 0 Å². The summed E-state index contributed by atoms with van der Waals surface area (Å²) in [5.41, 5.74) is 1.06. The van der Waals surface area contributed by atoms with Crippen molar-refractivity contribution in [2.24, 2.45) is 0 Å². The zero-order valence-electron chi connectivity index (χ0n) is 8.13. The van der Waals surface area contributed by atoms with Crippen LogP contribution in [0, 0.1) is 0 Å². The van der Waals surface area contributed by atoms with E-state index in [-0.39, 0.29) is 11.3 Å². The lowest BCUT2D eigenvalue weighted by molar-refractivity contribution is -0.110. The van der Waals surface area contributed by atoms with E-state index in [4.69, 9.17) is 0 Å². The highest BCUT2D eigenvalue weighted by atomic mass is 32.2. The molecule has 4 heteroatoms. The largest absolute Gasteiger partial charge is 0.319 e. The molecule has 3 nitrogen and oxygen atoms in total. The third kappa shape index (κ3) is 2.21. The van der Waals surface area contributed by atoms with Crippen molar-refractivity contribution in [3.05, 3.63) is 35.9 Å². The Morgan fingerprint density at radius 2 is 2.13 bits per heavy atom. The standard InChI is InChI=1S/C11H11NO2S/c13-7-10-8-15-11(14)12(10)6-9-4-2-1-3-5-9/h1-5,7,10H,6,8H2. The van der Waals surface area contributed by atoms with Crippen molar-refractivity contribution < 1.29 is 9.59 Å². The lowest BCUT2D eigenvalue weighted by Gasteiger charge is -2.19. The topological polar surface area (TPSA) is 37.4 Å². The molecule has 15 heavy (non-hydrogen) atoms. The molecule has 0 aliphatic carbocycles. The summed E-state index contributed by atoms with van der Waals surface area (Å²) in [6.45, 7) is 0.524. The molecule has 1 aromatic rings. The van der Waals surface area contributed by atoms with Crippen molar-refractivity contribution in [1.82, 2.24) is 4.90 Å². The van der Waals surface area contributed by atoms with Crippen LogP contribution in [-0.4, -0.2) is 28.2 Å². The van der Waals surface area contributed by atoms with Crippen molar-refractivity contribution in [3.63, 3.8) is 0 Å². The summed E-state index contributed by atoms with van der Waals surface area (Å²) in [5.74, 6) is 0.579. The Morgan fingerprint density at radius 1 is 1.40 bits per heavy atom. The van der Waals surface area contributed by atoms with Crippen LogP contribution >= 0.6 is 11.8 Å². The zero-order valence-corrected chi connectivity index (χ0v) is 8.94. The maximum atomic E-state index is 11.5. The monoisotopic (exact) mass is 221 g/mol. The first-order valence-corrected chi connectivity index (χ1v) is 5.72. The van der Waals surface area contributed by atoms with Gasteiger partial charge in [0.2, 0.25) is 0 Å². The fourth-order valence-corrected chi connectivity index (χ4v) is 2.48. The number of amides is 1. The smallest absolute Gasteiger partial charge is 0.282 e. The molecule has 2 rings (SSSR count). The van der Waals surface area contributed by atoms with E-state index in [0.717, 1.165) is 11.8 Å². The van der Waals surface area contributed by atoms with Crippen LogP contribution in [-0.2, 0) is 11.3 Å². The molecule has 1 aliphatic rings. The van der Waals surface area contributed by atoms with Crippen LogP contribution in [0.15, 0.2) is 30.3 Å². The van der Waals surface area contributed by atoms with Crippen molar-refractivity contribution in [2.75, 3.05) is 5.75 Å². The number of rotatable bonds is 3. The normalized spacial score (nSPS) is 20.7. The van der Waals surface area contributed by atoms with Gasteiger partial charge in [0.05, 0.1) is 6.04 Å². The van der Waals surface area contributed by atoms with E-state index in [1.165, 1.54) is 11.8 Å². The highest BCUT2D eigenvalue weighted by molar-refractivity contribution is 8.13. The first-order chi connectivity index (χ1) is 7.31. The van der Waals surface area contributed by atoms with Crippen LogP contribution in [0.25, 0.3) is 0 Å². The molecule has 0 spiro atoms. The molecule has 0 N–H and O–H groups in total. The molecule has 78 valence electrons. The van der Waals surface area contributed by atoms with Gasteiger partial charge in [-0.1, -0.05) is 42.1 Å². The van der Waals surface area contributed by atoms with Gasteiger partial charge in [0.15, 0.2) is 0 Å². The molecule has 1 fully saturated rings. The van der Waals surface area contributed by atoms with Gasteiger partial charge in [-0.25, -0.2) is 0 Å². The quantitative estimate of drug-likeness (QED) is 0.732. The molecule has 1 amide bonds. The average Bonchev–Trinajstić information content (AvgIpc) is 2.62. The number of carbonyl (C=O) groups is 2. The number of aldehydes is 1. The van der Waals surface area contributed by atoms with Crippen molar-refractivity contribution in [2.45, 2.75) is 12.6 Å². The second-order valence-electron chi connectivity index (χ2n) is 3.39. The Hall–Kier alpha value is -1.29. The number of thioether (sulfide) groups is 1. The summed E-state index contributed by atoms with van der Waals surface area (Å²) in [6.07, 6.45) is 0.848. The van der Waals surface area contributed by atoms with Crippen LogP contribution in [0.2, 0.25) is 0 Å². The van der Waals surface area contributed by atoms with Gasteiger partial charge in [-0.15, -0.1) is 0 Å². The summed E-state index contributed by atoms with van der Waals surface area (Å²) in [6, 6.07) is 9.44. The molecule has 0 radical (unpaired) electrons. The fraction of sp³-hybridized carbons (Fsp3) is 0.273. The first-order valence-electron chi connectivity index (χ1n) is 4.74. The number of carbonyl (C=O) groups excluding carboxylic acids is 2. The van der Waals surface area contributed by atoms with Crippen molar-refractivity contribution >= 4 is 23.3 Å². The van der Waals surface area contributed by atoms with Crippen LogP contribution < -0.4 is 0 Å². The molecule has 1 heterocycles. The SMILES string of the molecule is O=CC1CSC(=O)N1Cc1ccccc1. The van der Waals surface area contributed by atoms with E-state index >= 15 is 0 Å². The summed E-state index contributed by atoms with van der Waals surface area (Å²) in [5, 5.41) is -0.00375. The molecule has 1 saturated heterocycles. The Labute approximate surface area is 92.5 Å². The first kappa shape index (κ1) is 10.2. The number of hydrogen-bond acceptors (Lipinski definition) is 3. The van der Waals surface area contributed by atoms with E-state index in [9.17, 15) is 9.59 Å². The molecule has 0 saturated carbocycles. The minimum absolute atomic E-state index is 0.00375. The van der Waals surface area contributed by atoms with Crippen molar-refractivity contribution in [3.8, 4) is 0 Å². The highest BCUT2D eigenvalue weighted by Gasteiger charge is 2.31. The van der Waals surface area contributed by atoms with Crippen LogP contribution in [0.1, 0.15) is 5.56 Å². The van der Waals surface area contributed by atoms with Gasteiger partial charge in [0, 0.05) is 12.3 Å².